The molecular weight excluding hydrogens is 370 g/mol. The molecule has 0 aliphatic heterocycles. The molecule has 7 heteroatoms. The maximum Gasteiger partial charge on any atom is 0.261 e. The molecule has 3 heterocycles. The van der Waals surface area contributed by atoms with E-state index in [1.54, 1.807) is 0 Å². The van der Waals surface area contributed by atoms with Crippen LogP contribution in [0.2, 0.25) is 0 Å². The maximum atomic E-state index is 12.6. The van der Waals surface area contributed by atoms with Crippen molar-refractivity contribution in [3.8, 4) is 0 Å². The van der Waals surface area contributed by atoms with Crippen molar-refractivity contribution in [2.24, 2.45) is 5.92 Å². The number of amides is 1. The fraction of sp³-hybridized carbons (Fsp3) is 0.381. The first kappa shape index (κ1) is 18.7. The molecule has 0 spiro atoms. The summed E-state index contributed by atoms with van der Waals surface area (Å²) in [5.74, 6) is 0.508. The topological polar surface area (TPSA) is 64.7 Å². The Kier molecular flexibility index (Phi) is 5.17. The smallest absolute Gasteiger partial charge is 0.261 e. The molecule has 28 heavy (non-hydrogen) atoms. The Balaban J connectivity index is 1.37. The molecule has 0 saturated carbocycles. The van der Waals surface area contributed by atoms with Crippen molar-refractivity contribution in [3.63, 3.8) is 0 Å². The summed E-state index contributed by atoms with van der Waals surface area (Å²) < 4.78 is 4.16. The molecule has 0 unspecified atom stereocenters. The van der Waals surface area contributed by atoms with Gasteiger partial charge in [-0.15, -0.1) is 11.3 Å². The minimum atomic E-state index is -0.00724. The van der Waals surface area contributed by atoms with Gasteiger partial charge < -0.3 is 9.88 Å². The van der Waals surface area contributed by atoms with Gasteiger partial charge in [0, 0.05) is 25.0 Å². The van der Waals surface area contributed by atoms with E-state index in [-0.39, 0.29) is 5.91 Å². The lowest BCUT2D eigenvalue weighted by Crippen LogP contribution is -2.24. The van der Waals surface area contributed by atoms with Crippen molar-refractivity contribution in [1.29, 1.82) is 0 Å². The number of rotatable bonds is 7. The van der Waals surface area contributed by atoms with E-state index in [1.807, 2.05) is 42.2 Å². The molecule has 4 rings (SSSR count). The maximum absolute atomic E-state index is 12.6. The lowest BCUT2D eigenvalue weighted by atomic mass is 10.2. The summed E-state index contributed by atoms with van der Waals surface area (Å²) in [6.45, 7) is 8.68. The number of nitrogens with zero attached hydrogens (tertiary/aromatic N) is 4. The Hall–Kier alpha value is -2.67. The summed E-state index contributed by atoms with van der Waals surface area (Å²) in [4.78, 5) is 18.8. The summed E-state index contributed by atoms with van der Waals surface area (Å²) >= 11 is 1.53. The van der Waals surface area contributed by atoms with Crippen molar-refractivity contribution in [2.45, 2.75) is 40.3 Å². The SMILES string of the molecule is Cc1nn(CC(C)C)c2sc(C(=O)NCCCn3cnc4ccccc43)cc12. The van der Waals surface area contributed by atoms with Crippen LogP contribution < -0.4 is 5.32 Å². The van der Waals surface area contributed by atoms with Crippen LogP contribution in [0.5, 0.6) is 0 Å². The molecular formula is C21H25N5OS. The molecule has 1 N–H and O–H groups in total. The highest BCUT2D eigenvalue weighted by molar-refractivity contribution is 7.20. The normalized spacial score (nSPS) is 11.7. The summed E-state index contributed by atoms with van der Waals surface area (Å²) in [5.41, 5.74) is 3.11. The molecule has 1 amide bonds. The second kappa shape index (κ2) is 7.75. The van der Waals surface area contributed by atoms with E-state index in [4.69, 9.17) is 0 Å². The van der Waals surface area contributed by atoms with Crippen molar-refractivity contribution in [3.05, 3.63) is 47.2 Å². The van der Waals surface area contributed by atoms with Gasteiger partial charge in [0.15, 0.2) is 0 Å². The number of para-hydroxylation sites is 2. The first-order valence-corrected chi connectivity index (χ1v) is 10.5. The number of carbonyl (C=O) groups is 1. The number of aromatic nitrogens is 4. The van der Waals surface area contributed by atoms with Crippen molar-refractivity contribution in [2.75, 3.05) is 6.54 Å². The third kappa shape index (κ3) is 3.67. The number of hydrogen-bond acceptors (Lipinski definition) is 4. The van der Waals surface area contributed by atoms with Gasteiger partial charge in [0.2, 0.25) is 0 Å². The minimum Gasteiger partial charge on any atom is -0.351 e. The fourth-order valence-electron chi connectivity index (χ4n) is 3.42. The Labute approximate surface area is 168 Å². The molecule has 146 valence electrons. The summed E-state index contributed by atoms with van der Waals surface area (Å²) in [5, 5.41) is 8.74. The predicted molar refractivity (Wildman–Crippen MR) is 114 cm³/mol. The van der Waals surface area contributed by atoms with Crippen LogP contribution in [0, 0.1) is 12.8 Å². The standard InChI is InChI=1S/C21H25N5OS/c1-14(2)12-26-21-16(15(3)24-26)11-19(28-21)20(27)22-9-6-10-25-13-23-17-7-4-5-8-18(17)25/h4-5,7-8,11,13-14H,6,9-10,12H2,1-3H3,(H,22,27). The summed E-state index contributed by atoms with van der Waals surface area (Å²) in [6, 6.07) is 10.1. The zero-order valence-electron chi connectivity index (χ0n) is 16.5. The van der Waals surface area contributed by atoms with E-state index >= 15 is 0 Å². The molecule has 0 radical (unpaired) electrons. The zero-order chi connectivity index (χ0) is 19.7. The third-order valence-corrected chi connectivity index (χ3v) is 5.91. The van der Waals surface area contributed by atoms with E-state index in [0.29, 0.717) is 12.5 Å². The van der Waals surface area contributed by atoms with E-state index < -0.39 is 0 Å². The Morgan fingerprint density at radius 3 is 2.93 bits per heavy atom. The highest BCUT2D eigenvalue weighted by Gasteiger charge is 2.16. The first-order chi connectivity index (χ1) is 13.5. The van der Waals surface area contributed by atoms with Gasteiger partial charge in [-0.3, -0.25) is 9.48 Å². The number of hydrogen-bond donors (Lipinski definition) is 1. The lowest BCUT2D eigenvalue weighted by Gasteiger charge is -2.06. The Morgan fingerprint density at radius 1 is 1.29 bits per heavy atom. The molecule has 0 bridgehead atoms. The molecule has 0 aliphatic carbocycles. The zero-order valence-corrected chi connectivity index (χ0v) is 17.3. The highest BCUT2D eigenvalue weighted by Crippen LogP contribution is 2.28. The largest absolute Gasteiger partial charge is 0.351 e. The van der Waals surface area contributed by atoms with Gasteiger partial charge in [-0.1, -0.05) is 26.0 Å². The van der Waals surface area contributed by atoms with Crippen molar-refractivity contribution >= 4 is 38.5 Å². The van der Waals surface area contributed by atoms with Gasteiger partial charge in [0.05, 0.1) is 27.9 Å². The average Bonchev–Trinajstić information content (AvgIpc) is 3.35. The Bertz CT molecular complexity index is 1120. The van der Waals surface area contributed by atoms with Crippen LogP contribution in [0.15, 0.2) is 36.7 Å². The number of carbonyl (C=O) groups excluding carboxylic acids is 1. The average molecular weight is 396 g/mol. The van der Waals surface area contributed by atoms with Crippen LogP contribution in [0.3, 0.4) is 0 Å². The van der Waals surface area contributed by atoms with Gasteiger partial charge in [-0.2, -0.15) is 5.10 Å². The van der Waals surface area contributed by atoms with E-state index in [0.717, 1.165) is 51.3 Å². The lowest BCUT2D eigenvalue weighted by molar-refractivity contribution is 0.0957. The van der Waals surface area contributed by atoms with Gasteiger partial charge in [-0.25, -0.2) is 4.98 Å². The number of imidazole rings is 1. The van der Waals surface area contributed by atoms with E-state index in [2.05, 4.69) is 39.9 Å². The van der Waals surface area contributed by atoms with Crippen LogP contribution in [0.1, 0.15) is 35.6 Å². The van der Waals surface area contributed by atoms with Gasteiger partial charge >= 0.3 is 0 Å². The summed E-state index contributed by atoms with van der Waals surface area (Å²) in [7, 11) is 0. The number of thiophene rings is 1. The molecule has 3 aromatic heterocycles. The molecule has 0 aliphatic rings. The number of fused-ring (bicyclic) bond motifs is 2. The number of nitrogens with one attached hydrogen (secondary N) is 1. The van der Waals surface area contributed by atoms with Crippen LogP contribution in [-0.2, 0) is 13.1 Å². The van der Waals surface area contributed by atoms with Crippen LogP contribution in [-0.4, -0.2) is 31.8 Å². The second-order valence-corrected chi connectivity index (χ2v) is 8.56. The summed E-state index contributed by atoms with van der Waals surface area (Å²) in [6.07, 6.45) is 2.72. The molecule has 0 fully saturated rings. The first-order valence-electron chi connectivity index (χ1n) is 9.68. The van der Waals surface area contributed by atoms with Crippen LogP contribution >= 0.6 is 11.3 Å². The monoisotopic (exact) mass is 395 g/mol. The molecule has 1 aromatic carbocycles. The third-order valence-electron chi connectivity index (χ3n) is 4.76. The predicted octanol–water partition coefficient (Wildman–Crippen LogP) is 4.23. The van der Waals surface area contributed by atoms with Crippen molar-refractivity contribution in [1.82, 2.24) is 24.6 Å². The fourth-order valence-corrected chi connectivity index (χ4v) is 4.51. The van der Waals surface area contributed by atoms with E-state index in [9.17, 15) is 4.79 Å². The van der Waals surface area contributed by atoms with Gasteiger partial charge in [0.25, 0.3) is 5.91 Å². The molecule has 4 aromatic rings. The van der Waals surface area contributed by atoms with Crippen LogP contribution in [0.25, 0.3) is 21.3 Å². The van der Waals surface area contributed by atoms with E-state index in [1.165, 1.54) is 11.3 Å². The van der Waals surface area contributed by atoms with Gasteiger partial charge in [-0.05, 0) is 37.5 Å². The van der Waals surface area contributed by atoms with Crippen molar-refractivity contribution < 1.29 is 4.79 Å². The van der Waals surface area contributed by atoms with Crippen LogP contribution in [0.4, 0.5) is 0 Å². The Morgan fingerprint density at radius 2 is 2.11 bits per heavy atom. The van der Waals surface area contributed by atoms with Gasteiger partial charge in [0.1, 0.15) is 4.83 Å². The molecule has 0 saturated heterocycles. The second-order valence-electron chi connectivity index (χ2n) is 7.53. The number of aryl methyl sites for hydroxylation is 2. The quantitative estimate of drug-likeness (QED) is 0.476. The molecule has 6 nitrogen and oxygen atoms in total. The minimum absolute atomic E-state index is 0.00724. The number of benzene rings is 1. The highest BCUT2D eigenvalue weighted by atomic mass is 32.1. The molecule has 0 atom stereocenters.